The van der Waals surface area contributed by atoms with Crippen LogP contribution in [0.5, 0.6) is 0 Å². The van der Waals surface area contributed by atoms with Gasteiger partial charge in [0.1, 0.15) is 0 Å². The Bertz CT molecular complexity index is 231. The van der Waals surface area contributed by atoms with Crippen LogP contribution in [-0.2, 0) is 4.79 Å². The first-order valence-electron chi connectivity index (χ1n) is 7.78. The summed E-state index contributed by atoms with van der Waals surface area (Å²) >= 11 is 0. The Hall–Kier alpha value is -0.570. The van der Waals surface area contributed by atoms with Gasteiger partial charge >= 0.3 is 0 Å². The van der Waals surface area contributed by atoms with Crippen LogP contribution in [0.15, 0.2) is 0 Å². The largest absolute Gasteiger partial charge is 0.341 e. The number of unbranched alkanes of at least 4 members (excludes halogenated alkanes) is 6. The predicted molar refractivity (Wildman–Crippen MR) is 76.7 cm³/mol. The molecule has 3 nitrogen and oxygen atoms in total. The quantitative estimate of drug-likeness (QED) is 0.675. The SMILES string of the molecule is CCCCCCCCCN1CCCNC(C)C1=O. The monoisotopic (exact) mass is 254 g/mol. The van der Waals surface area contributed by atoms with Gasteiger partial charge in [0.15, 0.2) is 0 Å². The van der Waals surface area contributed by atoms with E-state index >= 15 is 0 Å². The normalized spacial score (nSPS) is 21.1. The third-order valence-corrected chi connectivity index (χ3v) is 3.77. The lowest BCUT2D eigenvalue weighted by molar-refractivity contribution is -0.132. The summed E-state index contributed by atoms with van der Waals surface area (Å²) < 4.78 is 0. The molecule has 0 aromatic carbocycles. The van der Waals surface area contributed by atoms with Gasteiger partial charge in [-0.25, -0.2) is 0 Å². The van der Waals surface area contributed by atoms with Gasteiger partial charge in [0.05, 0.1) is 6.04 Å². The van der Waals surface area contributed by atoms with Crippen LogP contribution < -0.4 is 5.32 Å². The molecule has 0 saturated carbocycles. The molecule has 3 heteroatoms. The van der Waals surface area contributed by atoms with Crippen LogP contribution in [-0.4, -0.2) is 36.5 Å². The van der Waals surface area contributed by atoms with E-state index in [9.17, 15) is 4.79 Å². The molecule has 0 aromatic heterocycles. The van der Waals surface area contributed by atoms with Crippen LogP contribution in [0.4, 0.5) is 0 Å². The first-order chi connectivity index (χ1) is 8.75. The summed E-state index contributed by atoms with van der Waals surface area (Å²) in [6.07, 6.45) is 10.3. The molecule has 0 aromatic rings. The molecular formula is C15H30N2O. The molecular weight excluding hydrogens is 224 g/mol. The minimum atomic E-state index is 0.0112. The van der Waals surface area contributed by atoms with Crippen molar-refractivity contribution in [3.05, 3.63) is 0 Å². The average molecular weight is 254 g/mol. The van der Waals surface area contributed by atoms with E-state index < -0.39 is 0 Å². The molecule has 1 saturated heterocycles. The molecule has 0 bridgehead atoms. The van der Waals surface area contributed by atoms with Gasteiger partial charge in [-0.1, -0.05) is 45.4 Å². The molecule has 1 fully saturated rings. The van der Waals surface area contributed by atoms with Gasteiger partial charge in [0.2, 0.25) is 5.91 Å². The minimum Gasteiger partial charge on any atom is -0.341 e. The van der Waals surface area contributed by atoms with Crippen LogP contribution in [0.2, 0.25) is 0 Å². The maximum atomic E-state index is 12.0. The molecule has 1 atom stereocenters. The first-order valence-corrected chi connectivity index (χ1v) is 7.78. The molecule has 0 aliphatic carbocycles. The Kier molecular flexibility index (Phi) is 8.06. The van der Waals surface area contributed by atoms with Crippen molar-refractivity contribution < 1.29 is 4.79 Å². The highest BCUT2D eigenvalue weighted by atomic mass is 16.2. The summed E-state index contributed by atoms with van der Waals surface area (Å²) in [7, 11) is 0. The predicted octanol–water partition coefficient (Wildman–Crippen LogP) is 2.95. The van der Waals surface area contributed by atoms with E-state index in [0.717, 1.165) is 26.1 Å². The Morgan fingerprint density at radius 1 is 1.17 bits per heavy atom. The van der Waals surface area contributed by atoms with E-state index in [2.05, 4.69) is 17.1 Å². The van der Waals surface area contributed by atoms with E-state index in [1.165, 1.54) is 44.9 Å². The highest BCUT2D eigenvalue weighted by molar-refractivity contribution is 5.81. The zero-order valence-corrected chi connectivity index (χ0v) is 12.2. The molecule has 1 aliphatic heterocycles. The van der Waals surface area contributed by atoms with E-state index in [1.54, 1.807) is 0 Å². The Balaban J connectivity index is 2.08. The molecule has 0 spiro atoms. The van der Waals surface area contributed by atoms with Crippen molar-refractivity contribution in [2.45, 2.75) is 71.3 Å². The lowest BCUT2D eigenvalue weighted by Gasteiger charge is -2.22. The molecule has 1 amide bonds. The standard InChI is InChI=1S/C15H30N2O/c1-3-4-5-6-7-8-9-12-17-13-10-11-16-14(2)15(17)18/h14,16H,3-13H2,1-2H3. The second-order valence-electron chi connectivity index (χ2n) is 5.48. The number of nitrogens with zero attached hydrogens (tertiary/aromatic N) is 1. The van der Waals surface area contributed by atoms with Gasteiger partial charge in [0.25, 0.3) is 0 Å². The Morgan fingerprint density at radius 2 is 1.83 bits per heavy atom. The average Bonchev–Trinajstić information content (AvgIpc) is 2.53. The molecule has 18 heavy (non-hydrogen) atoms. The number of nitrogens with one attached hydrogen (secondary N) is 1. The van der Waals surface area contributed by atoms with E-state index in [-0.39, 0.29) is 6.04 Å². The van der Waals surface area contributed by atoms with E-state index in [1.807, 2.05) is 6.92 Å². The van der Waals surface area contributed by atoms with Crippen LogP contribution in [0.1, 0.15) is 65.2 Å². The molecule has 1 aliphatic rings. The number of carbonyl (C=O) groups excluding carboxylic acids is 1. The highest BCUT2D eigenvalue weighted by Crippen LogP contribution is 2.09. The van der Waals surface area contributed by atoms with Crippen molar-refractivity contribution in [2.75, 3.05) is 19.6 Å². The fourth-order valence-corrected chi connectivity index (χ4v) is 2.54. The van der Waals surface area contributed by atoms with Gasteiger partial charge in [-0.2, -0.15) is 0 Å². The second-order valence-corrected chi connectivity index (χ2v) is 5.48. The molecule has 1 rings (SSSR count). The van der Waals surface area contributed by atoms with Crippen LogP contribution in [0.3, 0.4) is 0 Å². The zero-order chi connectivity index (χ0) is 13.2. The summed E-state index contributed by atoms with van der Waals surface area (Å²) in [5, 5.41) is 3.26. The maximum Gasteiger partial charge on any atom is 0.239 e. The van der Waals surface area contributed by atoms with Crippen molar-refractivity contribution in [2.24, 2.45) is 0 Å². The Morgan fingerprint density at radius 3 is 2.56 bits per heavy atom. The molecule has 1 unspecified atom stereocenters. The van der Waals surface area contributed by atoms with Crippen LogP contribution >= 0.6 is 0 Å². The number of hydrogen-bond acceptors (Lipinski definition) is 2. The summed E-state index contributed by atoms with van der Waals surface area (Å²) in [5.41, 5.74) is 0. The summed E-state index contributed by atoms with van der Waals surface area (Å²) in [6.45, 7) is 7.09. The lowest BCUT2D eigenvalue weighted by atomic mass is 10.1. The van der Waals surface area contributed by atoms with Gasteiger partial charge in [-0.3, -0.25) is 4.79 Å². The molecule has 1 N–H and O–H groups in total. The van der Waals surface area contributed by atoms with E-state index in [0.29, 0.717) is 5.91 Å². The summed E-state index contributed by atoms with van der Waals surface area (Å²) in [6, 6.07) is 0.0112. The second kappa shape index (κ2) is 9.37. The first kappa shape index (κ1) is 15.5. The maximum absolute atomic E-state index is 12.0. The van der Waals surface area contributed by atoms with Crippen LogP contribution in [0.25, 0.3) is 0 Å². The van der Waals surface area contributed by atoms with Crippen molar-refractivity contribution >= 4 is 5.91 Å². The number of rotatable bonds is 8. The minimum absolute atomic E-state index is 0.0112. The van der Waals surface area contributed by atoms with Crippen molar-refractivity contribution in [1.29, 1.82) is 0 Å². The van der Waals surface area contributed by atoms with Crippen molar-refractivity contribution in [3.63, 3.8) is 0 Å². The van der Waals surface area contributed by atoms with Gasteiger partial charge in [-0.05, 0) is 26.3 Å². The third-order valence-electron chi connectivity index (χ3n) is 3.77. The van der Waals surface area contributed by atoms with E-state index in [4.69, 9.17) is 0 Å². The molecule has 0 radical (unpaired) electrons. The summed E-state index contributed by atoms with van der Waals surface area (Å²) in [4.78, 5) is 14.1. The van der Waals surface area contributed by atoms with Crippen molar-refractivity contribution in [3.8, 4) is 0 Å². The molecule has 106 valence electrons. The molecule has 1 heterocycles. The zero-order valence-electron chi connectivity index (χ0n) is 12.2. The third kappa shape index (κ3) is 5.85. The summed E-state index contributed by atoms with van der Waals surface area (Å²) in [5.74, 6) is 0.290. The number of amides is 1. The fourth-order valence-electron chi connectivity index (χ4n) is 2.54. The smallest absolute Gasteiger partial charge is 0.239 e. The van der Waals surface area contributed by atoms with Gasteiger partial charge < -0.3 is 10.2 Å². The topological polar surface area (TPSA) is 32.3 Å². The van der Waals surface area contributed by atoms with Crippen molar-refractivity contribution in [1.82, 2.24) is 10.2 Å². The Labute approximate surface area is 112 Å². The van der Waals surface area contributed by atoms with Crippen LogP contribution in [0, 0.1) is 0 Å². The number of hydrogen-bond donors (Lipinski definition) is 1. The van der Waals surface area contributed by atoms with Gasteiger partial charge in [0, 0.05) is 13.1 Å². The number of carbonyl (C=O) groups is 1. The fraction of sp³-hybridized carbons (Fsp3) is 0.933. The highest BCUT2D eigenvalue weighted by Gasteiger charge is 2.21. The lowest BCUT2D eigenvalue weighted by Crippen LogP contribution is -2.42. The van der Waals surface area contributed by atoms with Gasteiger partial charge in [-0.15, -0.1) is 0 Å².